The molecule has 4 rings (SSSR count). The zero-order chi connectivity index (χ0) is 13.7. The summed E-state index contributed by atoms with van der Waals surface area (Å²) in [5.74, 6) is 0. The van der Waals surface area contributed by atoms with Gasteiger partial charge in [0.25, 0.3) is 0 Å². The first-order chi connectivity index (χ1) is 9.71. The highest BCUT2D eigenvalue weighted by Crippen LogP contribution is 2.44. The molecule has 2 heterocycles. The van der Waals surface area contributed by atoms with Gasteiger partial charge >= 0.3 is 0 Å². The first-order valence-corrected chi connectivity index (χ1v) is 7.68. The van der Waals surface area contributed by atoms with Gasteiger partial charge in [0.2, 0.25) is 0 Å². The number of aromatic nitrogens is 2. The van der Waals surface area contributed by atoms with E-state index in [0.29, 0.717) is 0 Å². The van der Waals surface area contributed by atoms with Gasteiger partial charge in [-0.3, -0.25) is 9.67 Å². The average molecular weight is 267 g/mol. The lowest BCUT2D eigenvalue weighted by Crippen LogP contribution is -2.35. The second kappa shape index (κ2) is 4.18. The third kappa shape index (κ3) is 1.52. The molecule has 1 aliphatic carbocycles. The van der Waals surface area contributed by atoms with Gasteiger partial charge in [0, 0.05) is 30.1 Å². The molecule has 1 aliphatic heterocycles. The minimum atomic E-state index is 0.241. The summed E-state index contributed by atoms with van der Waals surface area (Å²) in [6.07, 6.45) is 6.32. The van der Waals surface area contributed by atoms with E-state index in [4.69, 9.17) is 4.99 Å². The van der Waals surface area contributed by atoms with Crippen LogP contribution in [0.1, 0.15) is 43.4 Å². The Labute approximate surface area is 119 Å². The minimum absolute atomic E-state index is 0.241. The molecule has 1 aromatic heterocycles. The summed E-state index contributed by atoms with van der Waals surface area (Å²) in [6.45, 7) is 3.10. The maximum atomic E-state index is 4.81. The quantitative estimate of drug-likeness (QED) is 0.777. The Morgan fingerprint density at radius 2 is 2.10 bits per heavy atom. The van der Waals surface area contributed by atoms with Crippen molar-refractivity contribution in [1.29, 1.82) is 0 Å². The van der Waals surface area contributed by atoms with Crippen LogP contribution in [0.2, 0.25) is 0 Å². The lowest BCUT2D eigenvalue weighted by Gasteiger charge is -2.35. The molecule has 0 bridgehead atoms. The zero-order valence-electron chi connectivity index (χ0n) is 12.3. The van der Waals surface area contributed by atoms with E-state index >= 15 is 0 Å². The topological polar surface area (TPSA) is 30.2 Å². The molecule has 0 radical (unpaired) electrons. The Balaban J connectivity index is 1.89. The van der Waals surface area contributed by atoms with Crippen LogP contribution >= 0.6 is 0 Å². The molecule has 0 spiro atoms. The maximum absolute atomic E-state index is 4.81. The summed E-state index contributed by atoms with van der Waals surface area (Å²) >= 11 is 0. The van der Waals surface area contributed by atoms with E-state index < -0.39 is 0 Å². The fourth-order valence-electron chi connectivity index (χ4n) is 4.18. The van der Waals surface area contributed by atoms with Gasteiger partial charge in [-0.05, 0) is 44.2 Å². The van der Waals surface area contributed by atoms with E-state index in [9.17, 15) is 0 Å². The van der Waals surface area contributed by atoms with Gasteiger partial charge in [0.15, 0.2) is 0 Å². The van der Waals surface area contributed by atoms with Crippen molar-refractivity contribution in [3.63, 3.8) is 0 Å². The van der Waals surface area contributed by atoms with Gasteiger partial charge in [-0.25, -0.2) is 0 Å². The second-order valence-corrected chi connectivity index (χ2v) is 6.31. The van der Waals surface area contributed by atoms with E-state index in [-0.39, 0.29) is 5.41 Å². The molecule has 1 saturated carbocycles. The Kier molecular flexibility index (Phi) is 2.53. The molecule has 0 N–H and O–H groups in total. The second-order valence-electron chi connectivity index (χ2n) is 6.31. The molecule has 20 heavy (non-hydrogen) atoms. The third-order valence-corrected chi connectivity index (χ3v) is 5.25. The van der Waals surface area contributed by atoms with Crippen LogP contribution in [0, 0.1) is 6.92 Å². The summed E-state index contributed by atoms with van der Waals surface area (Å²) in [5, 5.41) is 5.82. The van der Waals surface area contributed by atoms with Crippen LogP contribution in [-0.2, 0) is 12.5 Å². The zero-order valence-corrected chi connectivity index (χ0v) is 12.3. The number of fused-ring (bicyclic) bond motifs is 2. The van der Waals surface area contributed by atoms with Gasteiger partial charge in [-0.2, -0.15) is 5.10 Å². The van der Waals surface area contributed by atoms with Crippen LogP contribution in [-0.4, -0.2) is 22.0 Å². The molecule has 1 unspecified atom stereocenters. The predicted octanol–water partition coefficient (Wildman–Crippen LogP) is 3.54. The van der Waals surface area contributed by atoms with Crippen molar-refractivity contribution in [3.05, 3.63) is 29.5 Å². The molecule has 0 amide bonds. The summed E-state index contributed by atoms with van der Waals surface area (Å²) in [4.78, 5) is 4.81. The Morgan fingerprint density at radius 3 is 3.00 bits per heavy atom. The lowest BCUT2D eigenvalue weighted by atomic mass is 9.67. The molecule has 1 atom stereocenters. The van der Waals surface area contributed by atoms with E-state index in [1.807, 2.05) is 11.7 Å². The fourth-order valence-corrected chi connectivity index (χ4v) is 4.18. The van der Waals surface area contributed by atoms with Crippen molar-refractivity contribution in [2.24, 2.45) is 12.0 Å². The largest absolute Gasteiger partial charge is 0.293 e. The normalized spacial score (nSPS) is 25.8. The average Bonchev–Trinajstić information content (AvgIpc) is 3.02. The van der Waals surface area contributed by atoms with Crippen molar-refractivity contribution in [2.75, 3.05) is 6.54 Å². The molecule has 0 saturated heterocycles. The molecule has 104 valence electrons. The van der Waals surface area contributed by atoms with E-state index in [1.54, 1.807) is 0 Å². The Morgan fingerprint density at radius 1 is 1.20 bits per heavy atom. The molecule has 3 nitrogen and oxygen atoms in total. The van der Waals surface area contributed by atoms with E-state index in [2.05, 4.69) is 30.2 Å². The van der Waals surface area contributed by atoms with Crippen LogP contribution in [0.5, 0.6) is 0 Å². The first-order valence-electron chi connectivity index (χ1n) is 7.68. The van der Waals surface area contributed by atoms with Crippen LogP contribution < -0.4 is 0 Å². The molecule has 1 aromatic carbocycles. The first kappa shape index (κ1) is 12.1. The highest BCUT2D eigenvalue weighted by atomic mass is 15.3. The smallest absolute Gasteiger partial charge is 0.0684 e. The number of aliphatic imine (C=N–C) groups is 1. The summed E-state index contributed by atoms with van der Waals surface area (Å²) in [6, 6.07) is 6.94. The minimum Gasteiger partial charge on any atom is -0.293 e. The molecule has 2 aromatic rings. The van der Waals surface area contributed by atoms with Crippen molar-refractivity contribution >= 4 is 16.6 Å². The van der Waals surface area contributed by atoms with Crippen LogP contribution in [0.25, 0.3) is 10.9 Å². The van der Waals surface area contributed by atoms with Crippen molar-refractivity contribution in [3.8, 4) is 0 Å². The third-order valence-electron chi connectivity index (χ3n) is 5.25. The fraction of sp³-hybridized carbons (Fsp3) is 0.529. The Hall–Kier alpha value is -1.64. The van der Waals surface area contributed by atoms with Crippen molar-refractivity contribution < 1.29 is 0 Å². The van der Waals surface area contributed by atoms with Crippen LogP contribution in [0.4, 0.5) is 0 Å². The maximum Gasteiger partial charge on any atom is 0.0684 e. The van der Waals surface area contributed by atoms with Gasteiger partial charge in [-0.15, -0.1) is 0 Å². The summed E-state index contributed by atoms with van der Waals surface area (Å²) < 4.78 is 2.01. The molecular weight excluding hydrogens is 246 g/mol. The highest BCUT2D eigenvalue weighted by molar-refractivity contribution is 5.98. The van der Waals surface area contributed by atoms with Gasteiger partial charge < -0.3 is 0 Å². The van der Waals surface area contributed by atoms with E-state index in [1.165, 1.54) is 54.3 Å². The molecular formula is C17H21N3. The highest BCUT2D eigenvalue weighted by Gasteiger charge is 2.41. The number of hydrogen-bond donors (Lipinski definition) is 0. The number of rotatable bonds is 1. The van der Waals surface area contributed by atoms with Crippen LogP contribution in [0.3, 0.4) is 0 Å². The van der Waals surface area contributed by atoms with Crippen molar-refractivity contribution in [1.82, 2.24) is 9.78 Å². The van der Waals surface area contributed by atoms with Crippen LogP contribution in [0.15, 0.2) is 23.2 Å². The predicted molar refractivity (Wildman–Crippen MR) is 82.5 cm³/mol. The number of hydrogen-bond acceptors (Lipinski definition) is 2. The number of aryl methyl sites for hydroxylation is 2. The lowest BCUT2D eigenvalue weighted by molar-refractivity contribution is 0.457. The number of nitrogens with zero attached hydrogens (tertiary/aromatic N) is 3. The molecule has 1 fully saturated rings. The monoisotopic (exact) mass is 267 g/mol. The van der Waals surface area contributed by atoms with Crippen molar-refractivity contribution in [2.45, 2.75) is 44.4 Å². The van der Waals surface area contributed by atoms with Gasteiger partial charge in [-0.1, -0.05) is 18.6 Å². The summed E-state index contributed by atoms with van der Waals surface area (Å²) in [5.41, 5.74) is 5.54. The molecule has 2 aliphatic rings. The SMILES string of the molecule is Cc1nn(C)c2cc(C34CCCCC3=NCC4)ccc12. The van der Waals surface area contributed by atoms with Gasteiger partial charge in [0.05, 0.1) is 11.2 Å². The molecule has 3 heteroatoms. The summed E-state index contributed by atoms with van der Waals surface area (Å²) in [7, 11) is 2.04. The van der Waals surface area contributed by atoms with Gasteiger partial charge in [0.1, 0.15) is 0 Å². The Bertz CT molecular complexity index is 710. The standard InChI is InChI=1S/C17H21N3/c1-12-14-7-6-13(11-15(14)20(2)19-12)17-8-4-3-5-16(17)18-10-9-17/h6-7,11H,3-5,8-10H2,1-2H3. The van der Waals surface area contributed by atoms with E-state index in [0.717, 1.165) is 12.2 Å². The number of benzene rings is 1.